The highest BCUT2D eigenvalue weighted by atomic mass is 16.6. The molecule has 122 valence electrons. The molecule has 0 aliphatic carbocycles. The van der Waals surface area contributed by atoms with Crippen molar-refractivity contribution < 1.29 is 9.53 Å². The summed E-state index contributed by atoms with van der Waals surface area (Å²) >= 11 is 0. The number of pyridine rings is 2. The third-order valence-electron chi connectivity index (χ3n) is 4.33. The van der Waals surface area contributed by atoms with Crippen molar-refractivity contribution in [1.29, 1.82) is 0 Å². The first-order valence-electron chi connectivity index (χ1n) is 7.86. The second-order valence-electron chi connectivity index (χ2n) is 6.46. The monoisotopic (exact) mass is 322 g/mol. The topological polar surface area (TPSA) is 68.5 Å². The molecule has 6 heteroatoms. The van der Waals surface area contributed by atoms with Crippen molar-refractivity contribution in [3.8, 4) is 0 Å². The van der Waals surface area contributed by atoms with E-state index < -0.39 is 5.60 Å². The van der Waals surface area contributed by atoms with Crippen LogP contribution < -0.4 is 5.32 Å². The zero-order valence-electron chi connectivity index (χ0n) is 13.8. The van der Waals surface area contributed by atoms with Crippen molar-refractivity contribution >= 4 is 17.4 Å². The normalized spacial score (nSPS) is 15.4. The number of aryl methyl sites for hydroxylation is 1. The van der Waals surface area contributed by atoms with Crippen molar-refractivity contribution in [3.63, 3.8) is 0 Å². The molecule has 4 rings (SSSR count). The van der Waals surface area contributed by atoms with E-state index in [1.165, 1.54) is 0 Å². The molecule has 1 aliphatic heterocycles. The summed E-state index contributed by atoms with van der Waals surface area (Å²) < 4.78 is 7.48. The molecule has 1 N–H and O–H groups in total. The number of carbonyl (C=O) groups excluding carboxylic acids is 1. The van der Waals surface area contributed by atoms with Gasteiger partial charge in [-0.15, -0.1) is 0 Å². The SMILES string of the molecule is Cc1cccc2nc(CNc3nccc4c3C(=O)OC4(C)C)cn12. The Morgan fingerprint density at radius 2 is 2.12 bits per heavy atom. The van der Waals surface area contributed by atoms with Crippen molar-refractivity contribution in [2.45, 2.75) is 32.9 Å². The predicted octanol–water partition coefficient (Wildman–Crippen LogP) is 3.06. The van der Waals surface area contributed by atoms with E-state index in [1.54, 1.807) is 6.20 Å². The molecule has 0 bridgehead atoms. The summed E-state index contributed by atoms with van der Waals surface area (Å²) in [5.74, 6) is 0.202. The van der Waals surface area contributed by atoms with Gasteiger partial charge in [0, 0.05) is 23.7 Å². The summed E-state index contributed by atoms with van der Waals surface area (Å²) in [7, 11) is 0. The van der Waals surface area contributed by atoms with Gasteiger partial charge in [-0.25, -0.2) is 14.8 Å². The van der Waals surface area contributed by atoms with E-state index in [0.717, 1.165) is 22.6 Å². The van der Waals surface area contributed by atoms with Crippen LogP contribution in [-0.4, -0.2) is 20.3 Å². The maximum absolute atomic E-state index is 12.2. The number of hydrogen-bond acceptors (Lipinski definition) is 5. The molecule has 0 aromatic carbocycles. The van der Waals surface area contributed by atoms with Crippen LogP contribution >= 0.6 is 0 Å². The molecule has 0 radical (unpaired) electrons. The zero-order chi connectivity index (χ0) is 16.9. The highest BCUT2D eigenvalue weighted by Crippen LogP contribution is 2.38. The first-order valence-corrected chi connectivity index (χ1v) is 7.86. The molecule has 1 aliphatic rings. The number of nitrogens with zero attached hydrogens (tertiary/aromatic N) is 3. The van der Waals surface area contributed by atoms with Gasteiger partial charge in [0.05, 0.1) is 12.2 Å². The third-order valence-corrected chi connectivity index (χ3v) is 4.33. The molecule has 0 unspecified atom stereocenters. The Kier molecular flexibility index (Phi) is 3.09. The van der Waals surface area contributed by atoms with Crippen LogP contribution in [0.15, 0.2) is 36.7 Å². The fraction of sp³-hybridized carbons (Fsp3) is 0.278. The van der Waals surface area contributed by atoms with Gasteiger partial charge in [0.15, 0.2) is 0 Å². The van der Waals surface area contributed by atoms with Crippen molar-refractivity contribution in [2.24, 2.45) is 0 Å². The van der Waals surface area contributed by atoms with Crippen molar-refractivity contribution in [2.75, 3.05) is 5.32 Å². The van der Waals surface area contributed by atoms with Gasteiger partial charge < -0.3 is 14.5 Å². The van der Waals surface area contributed by atoms with Gasteiger partial charge in [-0.3, -0.25) is 0 Å². The summed E-state index contributed by atoms with van der Waals surface area (Å²) in [6.07, 6.45) is 3.68. The highest BCUT2D eigenvalue weighted by Gasteiger charge is 2.39. The van der Waals surface area contributed by atoms with E-state index in [4.69, 9.17) is 4.74 Å². The molecular weight excluding hydrogens is 304 g/mol. The number of imidazole rings is 1. The number of fused-ring (bicyclic) bond motifs is 2. The van der Waals surface area contributed by atoms with Crippen LogP contribution in [0.25, 0.3) is 5.65 Å². The van der Waals surface area contributed by atoms with Crippen LogP contribution in [-0.2, 0) is 16.9 Å². The third kappa shape index (κ3) is 2.22. The lowest BCUT2D eigenvalue weighted by molar-refractivity contribution is 0.00958. The standard InChI is InChI=1S/C18H18N4O2/c1-11-5-4-6-14-21-12(10-22(11)14)9-20-16-15-13(7-8-19-16)18(2,3)24-17(15)23/h4-8,10H,9H2,1-3H3,(H,19,20). The number of esters is 1. The van der Waals surface area contributed by atoms with Gasteiger partial charge in [-0.2, -0.15) is 0 Å². The minimum Gasteiger partial charge on any atom is -0.451 e. The highest BCUT2D eigenvalue weighted by molar-refractivity contribution is 5.99. The van der Waals surface area contributed by atoms with Crippen LogP contribution in [0.1, 0.15) is 41.2 Å². The molecule has 0 atom stereocenters. The van der Waals surface area contributed by atoms with E-state index >= 15 is 0 Å². The summed E-state index contributed by atoms with van der Waals surface area (Å²) in [6.45, 7) is 6.28. The summed E-state index contributed by atoms with van der Waals surface area (Å²) in [5.41, 5.74) is 3.66. The van der Waals surface area contributed by atoms with E-state index in [0.29, 0.717) is 17.9 Å². The van der Waals surface area contributed by atoms with Crippen LogP contribution in [0.2, 0.25) is 0 Å². The molecule has 0 fully saturated rings. The van der Waals surface area contributed by atoms with E-state index in [1.807, 2.05) is 55.6 Å². The molecule has 4 heterocycles. The molecule has 0 saturated heterocycles. The number of anilines is 1. The molecule has 24 heavy (non-hydrogen) atoms. The van der Waals surface area contributed by atoms with Crippen LogP contribution in [0.4, 0.5) is 5.82 Å². The summed E-state index contributed by atoms with van der Waals surface area (Å²) in [4.78, 5) is 21.1. The van der Waals surface area contributed by atoms with Crippen LogP contribution in [0, 0.1) is 6.92 Å². The minimum absolute atomic E-state index is 0.337. The molecule has 3 aromatic rings. The quantitative estimate of drug-likeness (QED) is 0.751. The first kappa shape index (κ1) is 14.7. The van der Waals surface area contributed by atoms with E-state index in [9.17, 15) is 4.79 Å². The van der Waals surface area contributed by atoms with Gasteiger partial charge in [-0.05, 0) is 39.0 Å². The maximum Gasteiger partial charge on any atom is 0.343 e. The van der Waals surface area contributed by atoms with E-state index in [-0.39, 0.29) is 5.97 Å². The molecular formula is C18H18N4O2. The number of aromatic nitrogens is 3. The number of ether oxygens (including phenoxy) is 1. The smallest absolute Gasteiger partial charge is 0.343 e. The lowest BCUT2D eigenvalue weighted by Crippen LogP contribution is -2.15. The Labute approximate surface area is 139 Å². The minimum atomic E-state index is -0.619. The van der Waals surface area contributed by atoms with Crippen molar-refractivity contribution in [1.82, 2.24) is 14.4 Å². The van der Waals surface area contributed by atoms with Gasteiger partial charge in [-0.1, -0.05) is 6.07 Å². The summed E-state index contributed by atoms with van der Waals surface area (Å²) in [6, 6.07) is 7.82. The molecule has 6 nitrogen and oxygen atoms in total. The molecule has 0 saturated carbocycles. The zero-order valence-corrected chi connectivity index (χ0v) is 13.8. The maximum atomic E-state index is 12.2. The van der Waals surface area contributed by atoms with Gasteiger partial charge in [0.1, 0.15) is 22.6 Å². The first-order chi connectivity index (χ1) is 11.5. The Morgan fingerprint density at radius 1 is 1.29 bits per heavy atom. The molecule has 0 spiro atoms. The van der Waals surface area contributed by atoms with Crippen LogP contribution in [0.5, 0.6) is 0 Å². The number of nitrogens with one attached hydrogen (secondary N) is 1. The van der Waals surface area contributed by atoms with Gasteiger partial charge >= 0.3 is 5.97 Å². The summed E-state index contributed by atoms with van der Waals surface area (Å²) in [5, 5.41) is 3.22. The second kappa shape index (κ2) is 5.06. The average molecular weight is 322 g/mol. The van der Waals surface area contributed by atoms with Gasteiger partial charge in [0.25, 0.3) is 0 Å². The van der Waals surface area contributed by atoms with Crippen LogP contribution in [0.3, 0.4) is 0 Å². The lowest BCUT2D eigenvalue weighted by atomic mass is 9.97. The Hall–Kier alpha value is -2.89. The fourth-order valence-corrected chi connectivity index (χ4v) is 3.10. The van der Waals surface area contributed by atoms with E-state index in [2.05, 4.69) is 15.3 Å². The molecule has 0 amide bonds. The van der Waals surface area contributed by atoms with Crippen molar-refractivity contribution in [3.05, 3.63) is 59.2 Å². The molecule has 3 aromatic heterocycles. The Morgan fingerprint density at radius 3 is 2.92 bits per heavy atom. The number of rotatable bonds is 3. The van der Waals surface area contributed by atoms with Gasteiger partial charge in [0.2, 0.25) is 0 Å². The number of hydrogen-bond donors (Lipinski definition) is 1. The largest absolute Gasteiger partial charge is 0.451 e. The Bertz CT molecular complexity index is 959. The lowest BCUT2D eigenvalue weighted by Gasteiger charge is -2.17. The average Bonchev–Trinajstić information content (AvgIpc) is 3.06. The second-order valence-corrected chi connectivity index (χ2v) is 6.46. The predicted molar refractivity (Wildman–Crippen MR) is 89.9 cm³/mol. The number of cyclic esters (lactones) is 1. The Balaban J connectivity index is 1.64. The number of carbonyl (C=O) groups is 1. The fourth-order valence-electron chi connectivity index (χ4n) is 3.10.